The molecule has 3 unspecified atom stereocenters. The maximum absolute atomic E-state index is 13.6. The average molecular weight is 292 g/mol. The summed E-state index contributed by atoms with van der Waals surface area (Å²) in [6.45, 7) is 4.73. The lowest BCUT2D eigenvalue weighted by Gasteiger charge is -2.38. The van der Waals surface area contributed by atoms with E-state index in [4.69, 9.17) is 5.73 Å². The fourth-order valence-corrected chi connectivity index (χ4v) is 3.02. The van der Waals surface area contributed by atoms with Crippen LogP contribution >= 0.6 is 0 Å². The maximum atomic E-state index is 13.6. The summed E-state index contributed by atoms with van der Waals surface area (Å²) in [6.07, 6.45) is 3.01. The third-order valence-corrected chi connectivity index (χ3v) is 4.43. The molecule has 1 heterocycles. The first-order chi connectivity index (χ1) is 9.99. The summed E-state index contributed by atoms with van der Waals surface area (Å²) in [5.41, 5.74) is 6.62. The van der Waals surface area contributed by atoms with Gasteiger partial charge in [-0.2, -0.15) is 0 Å². The van der Waals surface area contributed by atoms with Gasteiger partial charge >= 0.3 is 0 Å². The van der Waals surface area contributed by atoms with E-state index < -0.39 is 0 Å². The molecule has 1 amide bonds. The first kappa shape index (κ1) is 16.0. The molecule has 3 nitrogen and oxygen atoms in total. The van der Waals surface area contributed by atoms with Crippen LogP contribution in [0.2, 0.25) is 0 Å². The summed E-state index contributed by atoms with van der Waals surface area (Å²) in [4.78, 5) is 14.5. The number of carbonyl (C=O) groups excluding carboxylic acids is 1. The largest absolute Gasteiger partial charge is 0.340 e. The zero-order valence-electron chi connectivity index (χ0n) is 12.9. The number of nitrogens with two attached hydrogens (primary N) is 1. The van der Waals surface area contributed by atoms with E-state index in [-0.39, 0.29) is 29.7 Å². The predicted octanol–water partition coefficient (Wildman–Crippen LogP) is 2.73. The molecule has 3 atom stereocenters. The third-order valence-electron chi connectivity index (χ3n) is 4.43. The van der Waals surface area contributed by atoms with E-state index in [9.17, 15) is 9.18 Å². The molecule has 0 spiro atoms. The zero-order valence-corrected chi connectivity index (χ0v) is 12.9. The van der Waals surface area contributed by atoms with Crippen LogP contribution in [-0.2, 0) is 11.2 Å². The lowest BCUT2D eigenvalue weighted by molar-refractivity contribution is -0.138. The number of aryl methyl sites for hydroxylation is 1. The van der Waals surface area contributed by atoms with Crippen molar-refractivity contribution in [2.75, 3.05) is 6.54 Å². The second-order valence-electron chi connectivity index (χ2n) is 6.20. The monoisotopic (exact) mass is 292 g/mol. The van der Waals surface area contributed by atoms with Crippen LogP contribution in [-0.4, -0.2) is 29.4 Å². The highest BCUT2D eigenvalue weighted by molar-refractivity contribution is 5.79. The van der Waals surface area contributed by atoms with Gasteiger partial charge < -0.3 is 10.6 Å². The summed E-state index contributed by atoms with van der Waals surface area (Å²) in [5, 5.41) is 0. The van der Waals surface area contributed by atoms with Crippen LogP contribution < -0.4 is 5.73 Å². The van der Waals surface area contributed by atoms with Gasteiger partial charge in [0, 0.05) is 24.5 Å². The topological polar surface area (TPSA) is 46.3 Å². The van der Waals surface area contributed by atoms with E-state index in [0.29, 0.717) is 18.4 Å². The number of rotatable bonds is 4. The molecule has 1 aliphatic heterocycles. The minimum Gasteiger partial charge on any atom is -0.340 e. The molecule has 0 bridgehead atoms. The molecule has 2 rings (SSSR count). The second-order valence-corrected chi connectivity index (χ2v) is 6.20. The van der Waals surface area contributed by atoms with Crippen LogP contribution in [0.1, 0.15) is 38.7 Å². The molecule has 4 heteroatoms. The fraction of sp³-hybridized carbons (Fsp3) is 0.588. The van der Waals surface area contributed by atoms with Gasteiger partial charge in [-0.05, 0) is 44.2 Å². The summed E-state index contributed by atoms with van der Waals surface area (Å²) in [6, 6.07) is 7.19. The smallest absolute Gasteiger partial charge is 0.225 e. The van der Waals surface area contributed by atoms with E-state index in [1.807, 2.05) is 17.9 Å². The molecular weight excluding hydrogens is 267 g/mol. The summed E-state index contributed by atoms with van der Waals surface area (Å²) in [7, 11) is 0. The number of amides is 1. The third kappa shape index (κ3) is 4.03. The Bertz CT molecular complexity index is 491. The van der Waals surface area contributed by atoms with Crippen LogP contribution in [0.3, 0.4) is 0 Å². The fourth-order valence-electron chi connectivity index (χ4n) is 3.02. The van der Waals surface area contributed by atoms with Gasteiger partial charge in [-0.25, -0.2) is 4.39 Å². The quantitative estimate of drug-likeness (QED) is 0.927. The van der Waals surface area contributed by atoms with Crippen molar-refractivity contribution in [2.45, 2.75) is 51.6 Å². The molecular formula is C17H25FN2O. The van der Waals surface area contributed by atoms with E-state index in [0.717, 1.165) is 19.4 Å². The molecule has 0 aromatic heterocycles. The second kappa shape index (κ2) is 7.03. The molecule has 0 saturated carbocycles. The SMILES string of the molecule is CC(CCc1ccccc1F)C(=O)N1CCC(N)CC1C. The Hall–Kier alpha value is -1.42. The Morgan fingerprint density at radius 2 is 2.19 bits per heavy atom. The van der Waals surface area contributed by atoms with Crippen LogP contribution in [0.15, 0.2) is 24.3 Å². The van der Waals surface area contributed by atoms with Crippen molar-refractivity contribution in [3.63, 3.8) is 0 Å². The summed E-state index contributed by atoms with van der Waals surface area (Å²) < 4.78 is 13.6. The van der Waals surface area contributed by atoms with Crippen LogP contribution in [0.5, 0.6) is 0 Å². The highest BCUT2D eigenvalue weighted by Gasteiger charge is 2.29. The Morgan fingerprint density at radius 1 is 1.48 bits per heavy atom. The normalized spacial score (nSPS) is 23.9. The van der Waals surface area contributed by atoms with Gasteiger partial charge in [-0.3, -0.25) is 4.79 Å². The number of benzene rings is 1. The number of likely N-dealkylation sites (tertiary alicyclic amines) is 1. The number of nitrogens with zero attached hydrogens (tertiary/aromatic N) is 1. The van der Waals surface area contributed by atoms with Crippen molar-refractivity contribution >= 4 is 5.91 Å². The lowest BCUT2D eigenvalue weighted by Crippen LogP contribution is -2.49. The van der Waals surface area contributed by atoms with Crippen molar-refractivity contribution in [3.05, 3.63) is 35.6 Å². The number of carbonyl (C=O) groups is 1. The number of hydrogen-bond acceptors (Lipinski definition) is 2. The van der Waals surface area contributed by atoms with E-state index in [1.165, 1.54) is 6.07 Å². The van der Waals surface area contributed by atoms with Crippen LogP contribution in [0, 0.1) is 11.7 Å². The summed E-state index contributed by atoms with van der Waals surface area (Å²) in [5.74, 6) is -0.0958. The molecule has 1 aliphatic rings. The number of piperidine rings is 1. The van der Waals surface area contributed by atoms with Gasteiger partial charge in [0.2, 0.25) is 5.91 Å². The van der Waals surface area contributed by atoms with Gasteiger partial charge in [0.15, 0.2) is 0 Å². The molecule has 1 aromatic rings. The lowest BCUT2D eigenvalue weighted by atomic mass is 9.94. The Kier molecular flexibility index (Phi) is 5.34. The predicted molar refractivity (Wildman–Crippen MR) is 82.3 cm³/mol. The molecule has 2 N–H and O–H groups in total. The average Bonchev–Trinajstić information content (AvgIpc) is 2.45. The van der Waals surface area contributed by atoms with Gasteiger partial charge in [0.1, 0.15) is 5.82 Å². The van der Waals surface area contributed by atoms with Crippen molar-refractivity contribution < 1.29 is 9.18 Å². The van der Waals surface area contributed by atoms with Crippen molar-refractivity contribution in [1.82, 2.24) is 4.90 Å². The first-order valence-corrected chi connectivity index (χ1v) is 7.78. The molecule has 1 saturated heterocycles. The molecule has 1 fully saturated rings. The van der Waals surface area contributed by atoms with Crippen LogP contribution in [0.4, 0.5) is 4.39 Å². The minimum atomic E-state index is -0.186. The standard InChI is InChI=1S/C17H25FN2O/c1-12(7-8-14-5-3-4-6-16(14)18)17(21)20-10-9-15(19)11-13(20)2/h3-6,12-13,15H,7-11,19H2,1-2H3. The van der Waals surface area contributed by atoms with Crippen LogP contribution in [0.25, 0.3) is 0 Å². The highest BCUT2D eigenvalue weighted by Crippen LogP contribution is 2.21. The van der Waals surface area contributed by atoms with E-state index in [1.54, 1.807) is 12.1 Å². The number of hydrogen-bond donors (Lipinski definition) is 1. The minimum absolute atomic E-state index is 0.0821. The molecule has 1 aromatic carbocycles. The van der Waals surface area contributed by atoms with E-state index in [2.05, 4.69) is 6.92 Å². The zero-order chi connectivity index (χ0) is 15.4. The Balaban J connectivity index is 1.89. The van der Waals surface area contributed by atoms with Gasteiger partial charge in [0.05, 0.1) is 0 Å². The first-order valence-electron chi connectivity index (χ1n) is 7.78. The molecule has 116 valence electrons. The Labute approximate surface area is 126 Å². The molecule has 0 radical (unpaired) electrons. The molecule has 0 aliphatic carbocycles. The molecule has 21 heavy (non-hydrogen) atoms. The van der Waals surface area contributed by atoms with Gasteiger partial charge in [-0.15, -0.1) is 0 Å². The van der Waals surface area contributed by atoms with Crippen molar-refractivity contribution in [2.24, 2.45) is 11.7 Å². The Morgan fingerprint density at radius 3 is 2.86 bits per heavy atom. The van der Waals surface area contributed by atoms with E-state index >= 15 is 0 Å². The van der Waals surface area contributed by atoms with Crippen molar-refractivity contribution in [3.8, 4) is 0 Å². The number of halogens is 1. The van der Waals surface area contributed by atoms with Gasteiger partial charge in [0.25, 0.3) is 0 Å². The highest BCUT2D eigenvalue weighted by atomic mass is 19.1. The maximum Gasteiger partial charge on any atom is 0.225 e. The summed E-state index contributed by atoms with van der Waals surface area (Å²) >= 11 is 0. The van der Waals surface area contributed by atoms with Crippen molar-refractivity contribution in [1.29, 1.82) is 0 Å². The van der Waals surface area contributed by atoms with Gasteiger partial charge in [-0.1, -0.05) is 25.1 Å².